The van der Waals surface area contributed by atoms with E-state index in [-0.39, 0.29) is 0 Å². The number of hydrogen-bond donors (Lipinski definition) is 0. The lowest BCUT2D eigenvalue weighted by molar-refractivity contribution is 1.18. The highest BCUT2D eigenvalue weighted by Gasteiger charge is 2.22. The van der Waals surface area contributed by atoms with Gasteiger partial charge in [-0.3, -0.25) is 0 Å². The van der Waals surface area contributed by atoms with E-state index in [0.29, 0.717) is 0 Å². The van der Waals surface area contributed by atoms with Crippen LogP contribution in [0.3, 0.4) is 0 Å². The maximum Gasteiger partial charge on any atom is 0.0640 e. The Morgan fingerprint density at radius 3 is 2.04 bits per heavy atom. The molecule has 0 N–H and O–H groups in total. The number of benzene rings is 8. The van der Waals surface area contributed by atoms with Crippen LogP contribution >= 0.6 is 11.3 Å². The van der Waals surface area contributed by atoms with Crippen LogP contribution < -0.4 is 4.90 Å². The molecular formula is C46H30N2S. The maximum absolute atomic E-state index is 2.47. The molecule has 230 valence electrons. The normalized spacial score (nSPS) is 11.7. The molecule has 3 heteroatoms. The van der Waals surface area contributed by atoms with Gasteiger partial charge in [0.15, 0.2) is 0 Å². The summed E-state index contributed by atoms with van der Waals surface area (Å²) in [6.07, 6.45) is 0. The highest BCUT2D eigenvalue weighted by molar-refractivity contribution is 7.26. The zero-order valence-electron chi connectivity index (χ0n) is 26.6. The number of nitrogens with zero attached hydrogens (tertiary/aromatic N) is 2. The Balaban J connectivity index is 1.28. The van der Waals surface area contributed by atoms with Gasteiger partial charge in [-0.25, -0.2) is 0 Å². The molecule has 0 aliphatic heterocycles. The van der Waals surface area contributed by atoms with E-state index in [2.05, 4.69) is 191 Å². The number of thiophene rings is 1. The first-order valence-corrected chi connectivity index (χ1v) is 17.5. The average Bonchev–Trinajstić information content (AvgIpc) is 3.71. The smallest absolute Gasteiger partial charge is 0.0640 e. The van der Waals surface area contributed by atoms with Gasteiger partial charge in [-0.05, 0) is 64.9 Å². The van der Waals surface area contributed by atoms with Gasteiger partial charge in [0, 0.05) is 43.2 Å². The fraction of sp³-hybridized carbons (Fsp3) is 0. The van der Waals surface area contributed by atoms with Crippen LogP contribution in [0.4, 0.5) is 17.1 Å². The molecular weight excluding hydrogens is 613 g/mol. The summed E-state index contributed by atoms with van der Waals surface area (Å²) in [6.45, 7) is 0. The van der Waals surface area contributed by atoms with Crippen LogP contribution in [0.25, 0.3) is 69.6 Å². The maximum atomic E-state index is 2.47. The van der Waals surface area contributed by atoms with E-state index in [1.54, 1.807) is 0 Å². The first kappa shape index (κ1) is 27.9. The van der Waals surface area contributed by atoms with Crippen molar-refractivity contribution in [1.29, 1.82) is 0 Å². The SMILES string of the molecule is c1ccc(-c2ccccc2N(c2ccc3c4ccccc4n(-c4ccc5ccccc5c4)c3c2)c2cccc3c2sc2ccccc23)cc1. The van der Waals surface area contributed by atoms with E-state index in [9.17, 15) is 0 Å². The first-order valence-electron chi connectivity index (χ1n) is 16.7. The van der Waals surface area contributed by atoms with Crippen LogP contribution in [0.15, 0.2) is 182 Å². The minimum atomic E-state index is 1.12. The Morgan fingerprint density at radius 1 is 0.429 bits per heavy atom. The highest BCUT2D eigenvalue weighted by Crippen LogP contribution is 2.48. The number of fused-ring (bicyclic) bond motifs is 7. The summed E-state index contributed by atoms with van der Waals surface area (Å²) in [5.74, 6) is 0. The van der Waals surface area contributed by atoms with Gasteiger partial charge < -0.3 is 9.47 Å². The van der Waals surface area contributed by atoms with Crippen molar-refractivity contribution in [1.82, 2.24) is 4.57 Å². The van der Waals surface area contributed by atoms with Crippen molar-refractivity contribution < 1.29 is 0 Å². The van der Waals surface area contributed by atoms with E-state index in [1.165, 1.54) is 69.6 Å². The Bertz CT molecular complexity index is 2840. The highest BCUT2D eigenvalue weighted by atomic mass is 32.1. The molecule has 49 heavy (non-hydrogen) atoms. The molecule has 0 radical (unpaired) electrons. The fourth-order valence-corrected chi connectivity index (χ4v) is 8.75. The first-order chi connectivity index (χ1) is 24.3. The van der Waals surface area contributed by atoms with Crippen LogP contribution in [-0.4, -0.2) is 4.57 Å². The van der Waals surface area contributed by atoms with E-state index in [4.69, 9.17) is 0 Å². The van der Waals surface area contributed by atoms with E-state index in [0.717, 1.165) is 17.1 Å². The lowest BCUT2D eigenvalue weighted by Gasteiger charge is -2.28. The van der Waals surface area contributed by atoms with Gasteiger partial charge in [0.25, 0.3) is 0 Å². The largest absolute Gasteiger partial charge is 0.309 e. The molecule has 2 nitrogen and oxygen atoms in total. The Kier molecular flexibility index (Phi) is 6.39. The van der Waals surface area contributed by atoms with Crippen LogP contribution in [0.2, 0.25) is 0 Å². The molecule has 0 saturated carbocycles. The van der Waals surface area contributed by atoms with Crippen LogP contribution in [0.5, 0.6) is 0 Å². The Hall–Kier alpha value is -6.16. The molecule has 10 aromatic rings. The summed E-state index contributed by atoms with van der Waals surface area (Å²) in [4.78, 5) is 2.47. The molecule has 0 amide bonds. The summed E-state index contributed by atoms with van der Waals surface area (Å²) in [5, 5.41) is 7.55. The molecule has 0 fully saturated rings. The number of para-hydroxylation sites is 2. The molecule has 0 bridgehead atoms. The quantitative estimate of drug-likeness (QED) is 0.181. The van der Waals surface area contributed by atoms with Crippen molar-refractivity contribution in [3.63, 3.8) is 0 Å². The van der Waals surface area contributed by atoms with Gasteiger partial charge in [-0.1, -0.05) is 133 Å². The summed E-state index contributed by atoms with van der Waals surface area (Å²) >= 11 is 1.87. The average molecular weight is 643 g/mol. The molecule has 0 unspecified atom stereocenters. The van der Waals surface area contributed by atoms with Gasteiger partial charge in [0.2, 0.25) is 0 Å². The monoisotopic (exact) mass is 642 g/mol. The Morgan fingerprint density at radius 2 is 1.12 bits per heavy atom. The van der Waals surface area contributed by atoms with Crippen LogP contribution in [0.1, 0.15) is 0 Å². The molecule has 0 atom stereocenters. The number of hydrogen-bond acceptors (Lipinski definition) is 2. The topological polar surface area (TPSA) is 8.17 Å². The van der Waals surface area contributed by atoms with Crippen molar-refractivity contribution in [3.05, 3.63) is 182 Å². The van der Waals surface area contributed by atoms with Crippen LogP contribution in [-0.2, 0) is 0 Å². The molecule has 0 spiro atoms. The molecule has 0 aliphatic rings. The summed E-state index contributed by atoms with van der Waals surface area (Å²) < 4.78 is 5.01. The van der Waals surface area contributed by atoms with Crippen molar-refractivity contribution in [2.24, 2.45) is 0 Å². The lowest BCUT2D eigenvalue weighted by atomic mass is 10.0. The van der Waals surface area contributed by atoms with E-state index in [1.807, 2.05) is 11.3 Å². The Labute approximate surface area is 288 Å². The number of rotatable bonds is 5. The van der Waals surface area contributed by atoms with E-state index < -0.39 is 0 Å². The van der Waals surface area contributed by atoms with E-state index >= 15 is 0 Å². The lowest BCUT2D eigenvalue weighted by Crippen LogP contribution is -2.11. The second kappa shape index (κ2) is 11.2. The van der Waals surface area contributed by atoms with Gasteiger partial charge >= 0.3 is 0 Å². The molecule has 0 aliphatic carbocycles. The minimum absolute atomic E-state index is 1.12. The van der Waals surface area contributed by atoms with Gasteiger partial charge in [0.1, 0.15) is 0 Å². The van der Waals surface area contributed by atoms with Crippen molar-refractivity contribution in [3.8, 4) is 16.8 Å². The summed E-state index contributed by atoms with van der Waals surface area (Å²) in [6, 6.07) is 66.2. The molecule has 2 heterocycles. The minimum Gasteiger partial charge on any atom is -0.309 e. The van der Waals surface area contributed by atoms with Crippen molar-refractivity contribution >= 4 is 81.1 Å². The van der Waals surface area contributed by atoms with Crippen molar-refractivity contribution in [2.45, 2.75) is 0 Å². The molecule has 2 aromatic heterocycles. The third-order valence-corrected chi connectivity index (χ3v) is 11.0. The summed E-state index contributed by atoms with van der Waals surface area (Å²) in [5.41, 5.74) is 9.36. The molecule has 10 rings (SSSR count). The second-order valence-corrected chi connectivity index (χ2v) is 13.6. The standard InChI is InChI=1S/C46H30N2S/c1-2-14-32(15-3-1)36-17-6-9-21-41(36)47(43-23-12-20-40-39-19-8-11-24-45(39)49-46(40)43)35-27-28-38-37-18-7-10-22-42(37)48(44(38)30-35)34-26-25-31-13-4-5-16-33(31)29-34/h1-30H. The second-order valence-electron chi connectivity index (χ2n) is 12.6. The third-order valence-electron chi connectivity index (χ3n) is 9.76. The summed E-state index contributed by atoms with van der Waals surface area (Å²) in [7, 11) is 0. The predicted octanol–water partition coefficient (Wildman–Crippen LogP) is 13.4. The zero-order valence-corrected chi connectivity index (χ0v) is 27.4. The van der Waals surface area contributed by atoms with Gasteiger partial charge in [-0.15, -0.1) is 11.3 Å². The number of aromatic nitrogens is 1. The van der Waals surface area contributed by atoms with Crippen LogP contribution in [0, 0.1) is 0 Å². The predicted molar refractivity (Wildman–Crippen MR) is 211 cm³/mol. The fourth-order valence-electron chi connectivity index (χ4n) is 7.54. The number of anilines is 3. The van der Waals surface area contributed by atoms with Crippen molar-refractivity contribution in [2.75, 3.05) is 4.90 Å². The zero-order chi connectivity index (χ0) is 32.3. The van der Waals surface area contributed by atoms with Gasteiger partial charge in [0.05, 0.1) is 27.1 Å². The molecule has 0 saturated heterocycles. The molecule has 8 aromatic carbocycles. The third kappa shape index (κ3) is 4.47. The van der Waals surface area contributed by atoms with Gasteiger partial charge in [-0.2, -0.15) is 0 Å².